The Morgan fingerprint density at radius 2 is 1.43 bits per heavy atom. The number of imidazole rings is 1. The zero-order chi connectivity index (χ0) is 33.1. The zero-order valence-corrected chi connectivity index (χ0v) is 26.8. The zero-order valence-electron chi connectivity index (χ0n) is 26.8. The number of nitrogens with zero attached hydrogens (tertiary/aromatic N) is 1. The Labute approximate surface area is 257 Å². The van der Waals surface area contributed by atoms with Crippen LogP contribution >= 0.6 is 0 Å². The molecule has 4 aromatic rings. The van der Waals surface area contributed by atoms with Gasteiger partial charge in [-0.05, 0) is 87.9 Å². The maximum Gasteiger partial charge on any atom is 0.417 e. The fraction of sp³-hybridized carbons (Fsp3) is 0.371. The van der Waals surface area contributed by atoms with Gasteiger partial charge in [-0.25, -0.2) is 9.78 Å². The number of rotatable bonds is 4. The van der Waals surface area contributed by atoms with Gasteiger partial charge in [0.05, 0.1) is 33.5 Å². The minimum absolute atomic E-state index is 0.0156. The maximum absolute atomic E-state index is 14.0. The number of hydrogen-bond donors (Lipinski definition) is 3. The van der Waals surface area contributed by atoms with E-state index in [1.54, 1.807) is 18.2 Å². The molecule has 236 valence electrons. The van der Waals surface area contributed by atoms with Gasteiger partial charge in [-0.2, -0.15) is 13.2 Å². The van der Waals surface area contributed by atoms with Gasteiger partial charge in [0.1, 0.15) is 5.82 Å². The SMILES string of the molecule is CC(C)(C)OC(C)(C)C.CC(C)(C)c1ccc(/C=C/c2nc3cc(-c4ccccc4NC(=O)O)c(C(F)(F)F)cc3[nH]2)cc1. The van der Waals surface area contributed by atoms with E-state index in [1.165, 1.54) is 23.8 Å². The predicted molar refractivity (Wildman–Crippen MR) is 173 cm³/mol. The van der Waals surface area contributed by atoms with Crippen LogP contribution in [0, 0.1) is 0 Å². The number of anilines is 1. The number of alkyl halides is 3. The van der Waals surface area contributed by atoms with Crippen molar-refractivity contribution in [2.45, 2.75) is 85.1 Å². The Morgan fingerprint density at radius 3 is 1.93 bits per heavy atom. The molecule has 0 atom stereocenters. The Bertz CT molecular complexity index is 1600. The summed E-state index contributed by atoms with van der Waals surface area (Å²) in [5, 5.41) is 11.3. The Balaban J connectivity index is 0.000000512. The smallest absolute Gasteiger partial charge is 0.417 e. The van der Waals surface area contributed by atoms with Gasteiger partial charge < -0.3 is 14.8 Å². The quantitative estimate of drug-likeness (QED) is 0.215. The van der Waals surface area contributed by atoms with E-state index >= 15 is 0 Å². The lowest BCUT2D eigenvalue weighted by Crippen LogP contribution is -2.31. The van der Waals surface area contributed by atoms with Crippen molar-refractivity contribution in [3.8, 4) is 11.1 Å². The highest BCUT2D eigenvalue weighted by molar-refractivity contribution is 5.94. The van der Waals surface area contributed by atoms with E-state index in [1.807, 2.05) is 30.3 Å². The number of aromatic amines is 1. The van der Waals surface area contributed by atoms with E-state index in [4.69, 9.17) is 9.84 Å². The van der Waals surface area contributed by atoms with Gasteiger partial charge in [0.2, 0.25) is 0 Å². The number of ether oxygens (including phenoxy) is 1. The highest BCUT2D eigenvalue weighted by Crippen LogP contribution is 2.41. The second kappa shape index (κ2) is 12.9. The molecule has 1 aromatic heterocycles. The third-order valence-corrected chi connectivity index (χ3v) is 6.23. The van der Waals surface area contributed by atoms with Crippen LogP contribution in [-0.4, -0.2) is 32.4 Å². The van der Waals surface area contributed by atoms with E-state index < -0.39 is 17.8 Å². The highest BCUT2D eigenvalue weighted by atomic mass is 19.4. The van der Waals surface area contributed by atoms with Crippen molar-refractivity contribution >= 4 is 35.0 Å². The fourth-order valence-electron chi connectivity index (χ4n) is 4.74. The molecule has 0 aliphatic carbocycles. The van der Waals surface area contributed by atoms with Crippen LogP contribution in [0.5, 0.6) is 0 Å². The summed E-state index contributed by atoms with van der Waals surface area (Å²) in [4.78, 5) is 18.5. The van der Waals surface area contributed by atoms with Crippen LogP contribution in [-0.2, 0) is 16.3 Å². The van der Waals surface area contributed by atoms with E-state index in [0.717, 1.165) is 11.6 Å². The minimum atomic E-state index is -4.66. The highest BCUT2D eigenvalue weighted by Gasteiger charge is 2.35. The number of amides is 1. The van der Waals surface area contributed by atoms with Crippen LogP contribution in [0.1, 0.15) is 84.8 Å². The van der Waals surface area contributed by atoms with Gasteiger partial charge in [-0.3, -0.25) is 5.32 Å². The molecule has 1 heterocycles. The van der Waals surface area contributed by atoms with E-state index in [-0.39, 0.29) is 38.9 Å². The van der Waals surface area contributed by atoms with Crippen LogP contribution in [0.25, 0.3) is 34.3 Å². The van der Waals surface area contributed by atoms with Crippen molar-refractivity contribution < 1.29 is 27.8 Å². The number of carboxylic acid groups (broad SMARTS) is 1. The van der Waals surface area contributed by atoms with E-state index in [0.29, 0.717) is 11.3 Å². The summed E-state index contributed by atoms with van der Waals surface area (Å²) < 4.78 is 47.5. The van der Waals surface area contributed by atoms with Crippen molar-refractivity contribution in [2.75, 3.05) is 5.32 Å². The molecule has 0 bridgehead atoms. The third-order valence-electron chi connectivity index (χ3n) is 6.23. The molecule has 4 rings (SSSR count). The molecule has 9 heteroatoms. The number of benzene rings is 3. The summed E-state index contributed by atoms with van der Waals surface area (Å²) in [7, 11) is 0. The summed E-state index contributed by atoms with van der Waals surface area (Å²) in [6.07, 6.45) is -2.48. The van der Waals surface area contributed by atoms with E-state index in [9.17, 15) is 18.0 Å². The molecular weight excluding hydrogens is 567 g/mol. The second-order valence-electron chi connectivity index (χ2n) is 13.5. The first-order valence-electron chi connectivity index (χ1n) is 14.3. The molecule has 3 aromatic carbocycles. The third kappa shape index (κ3) is 9.98. The molecule has 0 saturated carbocycles. The largest absolute Gasteiger partial charge is 0.465 e. The van der Waals surface area contributed by atoms with E-state index in [2.05, 4.69) is 77.6 Å². The van der Waals surface area contributed by atoms with Gasteiger partial charge in [-0.15, -0.1) is 0 Å². The number of carbonyl (C=O) groups is 1. The van der Waals surface area contributed by atoms with Crippen molar-refractivity contribution in [1.82, 2.24) is 9.97 Å². The first-order chi connectivity index (χ1) is 20.1. The fourth-order valence-corrected chi connectivity index (χ4v) is 4.74. The maximum atomic E-state index is 14.0. The molecule has 1 amide bonds. The number of hydrogen-bond acceptors (Lipinski definition) is 3. The lowest BCUT2D eigenvalue weighted by atomic mass is 9.87. The number of halogens is 3. The molecule has 0 fully saturated rings. The van der Waals surface area contributed by atoms with Gasteiger partial charge in [-0.1, -0.05) is 69.3 Å². The standard InChI is InChI=1S/C27H24F3N3O2.C8H18O/c1-26(2,3)17-11-8-16(9-12-17)10-13-24-31-22-14-19(20(27(28,29)30)15-23(22)32-24)18-6-4-5-7-21(18)33-25(34)35;1-7(2,3)9-8(4,5)6/h4-15,33H,1-3H3,(H,31,32)(H,34,35);1-6H3/b13-10+;. The lowest BCUT2D eigenvalue weighted by Gasteiger charge is -2.30. The summed E-state index contributed by atoms with van der Waals surface area (Å²) in [5.41, 5.74) is 1.82. The molecule has 44 heavy (non-hydrogen) atoms. The Morgan fingerprint density at radius 1 is 0.841 bits per heavy atom. The van der Waals surface area contributed by atoms with Crippen molar-refractivity contribution in [2.24, 2.45) is 0 Å². The summed E-state index contributed by atoms with van der Waals surface area (Å²) in [5.74, 6) is 0.405. The number of fused-ring (bicyclic) bond motifs is 1. The molecule has 0 aliphatic heterocycles. The molecule has 3 N–H and O–H groups in total. The molecular formula is C35H42F3N3O3. The molecule has 0 aliphatic rings. The van der Waals surface area contributed by atoms with Crippen LogP contribution in [0.4, 0.5) is 23.7 Å². The second-order valence-corrected chi connectivity index (χ2v) is 13.5. The summed E-state index contributed by atoms with van der Waals surface area (Å²) in [6, 6.07) is 16.3. The first kappa shape index (κ1) is 34.4. The molecule has 0 spiro atoms. The van der Waals surface area contributed by atoms with Crippen molar-refractivity contribution in [3.05, 3.63) is 83.2 Å². The van der Waals surface area contributed by atoms with Crippen molar-refractivity contribution in [1.29, 1.82) is 0 Å². The average Bonchev–Trinajstić information content (AvgIpc) is 3.26. The first-order valence-corrected chi connectivity index (χ1v) is 14.3. The van der Waals surface area contributed by atoms with Gasteiger partial charge >= 0.3 is 12.3 Å². The molecule has 0 unspecified atom stereocenters. The number of nitrogens with one attached hydrogen (secondary N) is 2. The Hall–Kier alpha value is -4.11. The minimum Gasteiger partial charge on any atom is -0.465 e. The van der Waals surface area contributed by atoms with Crippen LogP contribution in [0.2, 0.25) is 0 Å². The number of para-hydroxylation sites is 1. The van der Waals surface area contributed by atoms with Gasteiger partial charge in [0, 0.05) is 5.56 Å². The predicted octanol–water partition coefficient (Wildman–Crippen LogP) is 10.4. The van der Waals surface area contributed by atoms with Gasteiger partial charge in [0.15, 0.2) is 0 Å². The normalized spacial score (nSPS) is 12.7. The number of H-pyrrole nitrogens is 1. The van der Waals surface area contributed by atoms with Gasteiger partial charge in [0.25, 0.3) is 0 Å². The van der Waals surface area contributed by atoms with Crippen LogP contribution in [0.15, 0.2) is 60.7 Å². The van der Waals surface area contributed by atoms with Crippen LogP contribution < -0.4 is 5.32 Å². The Kier molecular flexibility index (Phi) is 10.0. The lowest BCUT2D eigenvalue weighted by molar-refractivity contribution is -0.137. The number of aromatic nitrogens is 2. The molecule has 6 nitrogen and oxygen atoms in total. The monoisotopic (exact) mass is 609 g/mol. The summed E-state index contributed by atoms with van der Waals surface area (Å²) in [6.45, 7) is 18.8. The molecule has 0 radical (unpaired) electrons. The molecule has 0 saturated heterocycles. The summed E-state index contributed by atoms with van der Waals surface area (Å²) >= 11 is 0. The van der Waals surface area contributed by atoms with Crippen LogP contribution in [0.3, 0.4) is 0 Å². The topological polar surface area (TPSA) is 87.2 Å². The van der Waals surface area contributed by atoms with Crippen molar-refractivity contribution in [3.63, 3.8) is 0 Å². The average molecular weight is 610 g/mol.